The van der Waals surface area contributed by atoms with Crippen molar-refractivity contribution < 1.29 is 27.2 Å². The first-order chi connectivity index (χ1) is 13.5. The Bertz CT molecular complexity index is 1040. The van der Waals surface area contributed by atoms with Crippen LogP contribution in [0.4, 0.5) is 8.78 Å². The van der Waals surface area contributed by atoms with Crippen molar-refractivity contribution in [2.24, 2.45) is 5.29 Å². The van der Waals surface area contributed by atoms with Gasteiger partial charge in [0.05, 0.1) is 47.3 Å². The quantitative estimate of drug-likeness (QED) is 0.524. The van der Waals surface area contributed by atoms with Crippen LogP contribution in [0.25, 0.3) is 11.0 Å². The highest BCUT2D eigenvalue weighted by Crippen LogP contribution is 2.31. The molecule has 0 amide bonds. The first-order valence-corrected chi connectivity index (χ1v) is 9.05. The molecule has 0 N–H and O–H groups in total. The number of nitrogens with zero attached hydrogens (tertiary/aromatic N) is 4. The molecule has 0 aliphatic rings. The van der Waals surface area contributed by atoms with E-state index in [2.05, 4.69) is 20.0 Å². The van der Waals surface area contributed by atoms with Crippen molar-refractivity contribution in [1.29, 1.82) is 0 Å². The summed E-state index contributed by atoms with van der Waals surface area (Å²) < 4.78 is 53.2. The third-order valence-electron chi connectivity index (χ3n) is 3.72. The fourth-order valence-electron chi connectivity index (χ4n) is 2.57. The van der Waals surface area contributed by atoms with E-state index < -0.39 is 17.4 Å². The smallest absolute Gasteiger partial charge is 0.387 e. The second-order valence-electron chi connectivity index (χ2n) is 5.30. The van der Waals surface area contributed by atoms with Crippen LogP contribution in [0.3, 0.4) is 0 Å². The Labute approximate surface area is 159 Å². The monoisotopic (exact) mass is 412 g/mol. The third kappa shape index (κ3) is 3.76. The molecule has 0 radical (unpaired) electrons. The van der Waals surface area contributed by atoms with E-state index in [-0.39, 0.29) is 27.7 Å². The van der Waals surface area contributed by atoms with Crippen LogP contribution < -0.4 is 14.2 Å². The largest absolute Gasteiger partial charge is 0.493 e. The molecule has 0 spiro atoms. The summed E-state index contributed by atoms with van der Waals surface area (Å²) in [6, 6.07) is 5.37. The van der Waals surface area contributed by atoms with Crippen molar-refractivity contribution in [3.63, 3.8) is 0 Å². The fourth-order valence-corrected chi connectivity index (χ4v) is 3.67. The zero-order valence-electron chi connectivity index (χ0n) is 14.7. The standard InChI is InChI=1S/C16H14F2N4O5S/c1-25-13-5-6-19-11(14(13)26-2)8-28(24)16-20-10-4-3-9(27-15(17)18)7-12(10)22(16)21-23/h3-7,15H,8H2,1-2H3. The van der Waals surface area contributed by atoms with Crippen molar-refractivity contribution in [3.8, 4) is 17.2 Å². The number of ether oxygens (including phenoxy) is 3. The number of imidazole rings is 1. The van der Waals surface area contributed by atoms with E-state index in [0.29, 0.717) is 17.2 Å². The minimum absolute atomic E-state index is 0.0852. The van der Waals surface area contributed by atoms with Crippen LogP contribution in [0.1, 0.15) is 5.69 Å². The highest BCUT2D eigenvalue weighted by Gasteiger charge is 2.22. The number of alkyl halides is 2. The van der Waals surface area contributed by atoms with E-state index in [9.17, 15) is 17.9 Å². The van der Waals surface area contributed by atoms with Gasteiger partial charge in [-0.2, -0.15) is 13.5 Å². The zero-order valence-corrected chi connectivity index (χ0v) is 15.5. The number of hydrogen-bond acceptors (Lipinski definition) is 8. The first-order valence-electron chi connectivity index (χ1n) is 7.73. The molecule has 9 nitrogen and oxygen atoms in total. The SMILES string of the molecule is COc1ccnc(CS(=O)c2nc3ccc(OC(F)F)cc3n2N=O)c1OC. The van der Waals surface area contributed by atoms with Crippen LogP contribution in [0.5, 0.6) is 17.2 Å². The van der Waals surface area contributed by atoms with Gasteiger partial charge in [0.2, 0.25) is 5.16 Å². The van der Waals surface area contributed by atoms with Crippen molar-refractivity contribution in [1.82, 2.24) is 14.6 Å². The Kier molecular flexibility index (Phi) is 5.78. The van der Waals surface area contributed by atoms with Crippen LogP contribution in [0.15, 0.2) is 40.9 Å². The number of hydrogen-bond donors (Lipinski definition) is 0. The molecule has 148 valence electrons. The second kappa shape index (κ2) is 8.25. The molecule has 3 aromatic rings. The summed E-state index contributed by atoms with van der Waals surface area (Å²) in [7, 11) is 1.02. The lowest BCUT2D eigenvalue weighted by molar-refractivity contribution is -0.0497. The molecule has 1 unspecified atom stereocenters. The van der Waals surface area contributed by atoms with Gasteiger partial charge in [0.25, 0.3) is 0 Å². The van der Waals surface area contributed by atoms with Gasteiger partial charge in [-0.1, -0.05) is 0 Å². The lowest BCUT2D eigenvalue weighted by Gasteiger charge is -2.10. The Morgan fingerprint density at radius 3 is 2.68 bits per heavy atom. The van der Waals surface area contributed by atoms with Gasteiger partial charge in [-0.25, -0.2) is 4.98 Å². The van der Waals surface area contributed by atoms with Gasteiger partial charge in [-0.05, 0) is 12.1 Å². The zero-order chi connectivity index (χ0) is 20.3. The number of rotatable bonds is 8. The van der Waals surface area contributed by atoms with Crippen LogP contribution >= 0.6 is 0 Å². The van der Waals surface area contributed by atoms with Crippen molar-refractivity contribution >= 4 is 21.8 Å². The van der Waals surface area contributed by atoms with Gasteiger partial charge in [0.1, 0.15) is 11.3 Å². The summed E-state index contributed by atoms with van der Waals surface area (Å²) in [5, 5.41) is 2.65. The summed E-state index contributed by atoms with van der Waals surface area (Å²) in [5.41, 5.74) is 0.656. The van der Waals surface area contributed by atoms with Crippen molar-refractivity contribution in [3.05, 3.63) is 41.1 Å². The molecule has 0 fully saturated rings. The van der Waals surface area contributed by atoms with Crippen LogP contribution in [0, 0.1) is 4.91 Å². The molecule has 0 saturated carbocycles. The molecule has 12 heteroatoms. The average molecular weight is 412 g/mol. The van der Waals surface area contributed by atoms with E-state index in [0.717, 1.165) is 4.68 Å². The molecule has 0 bridgehead atoms. The van der Waals surface area contributed by atoms with E-state index in [1.54, 1.807) is 6.07 Å². The molecule has 0 saturated heterocycles. The predicted molar refractivity (Wildman–Crippen MR) is 95.0 cm³/mol. The highest BCUT2D eigenvalue weighted by atomic mass is 32.2. The van der Waals surface area contributed by atoms with E-state index in [1.807, 2.05) is 0 Å². The number of benzene rings is 1. The Balaban J connectivity index is 1.99. The number of halogens is 2. The summed E-state index contributed by atoms with van der Waals surface area (Å²) in [5.74, 6) is 0.383. The fraction of sp³-hybridized carbons (Fsp3) is 0.250. The molecule has 2 heterocycles. The minimum atomic E-state index is -3.03. The molecular formula is C16H14F2N4O5S. The number of aromatic nitrogens is 3. The molecule has 0 aliphatic carbocycles. The van der Waals surface area contributed by atoms with Gasteiger partial charge in [0.15, 0.2) is 11.5 Å². The summed E-state index contributed by atoms with van der Waals surface area (Å²) in [4.78, 5) is 19.6. The average Bonchev–Trinajstić information content (AvgIpc) is 3.05. The van der Waals surface area contributed by atoms with Crippen molar-refractivity contribution in [2.75, 3.05) is 14.2 Å². The molecular weight excluding hydrogens is 398 g/mol. The highest BCUT2D eigenvalue weighted by molar-refractivity contribution is 7.84. The Morgan fingerprint density at radius 1 is 1.25 bits per heavy atom. The minimum Gasteiger partial charge on any atom is -0.493 e. The van der Waals surface area contributed by atoms with Gasteiger partial charge in [-0.3, -0.25) is 9.19 Å². The lowest BCUT2D eigenvalue weighted by Crippen LogP contribution is -2.07. The van der Waals surface area contributed by atoms with Crippen LogP contribution in [0.2, 0.25) is 0 Å². The van der Waals surface area contributed by atoms with Gasteiger partial charge >= 0.3 is 6.61 Å². The molecule has 0 aliphatic heterocycles. The molecule has 28 heavy (non-hydrogen) atoms. The topological polar surface area (TPSA) is 105 Å². The van der Waals surface area contributed by atoms with E-state index >= 15 is 0 Å². The first kappa shape index (κ1) is 19.6. The lowest BCUT2D eigenvalue weighted by atomic mass is 10.3. The molecule has 2 aromatic heterocycles. The van der Waals surface area contributed by atoms with Gasteiger partial charge in [0, 0.05) is 18.3 Å². The Morgan fingerprint density at radius 2 is 2.04 bits per heavy atom. The number of fused-ring (bicyclic) bond motifs is 1. The maximum Gasteiger partial charge on any atom is 0.387 e. The van der Waals surface area contributed by atoms with Crippen LogP contribution in [-0.2, 0) is 16.6 Å². The maximum atomic E-state index is 12.8. The maximum absolute atomic E-state index is 12.8. The molecule has 1 aromatic carbocycles. The summed E-state index contributed by atoms with van der Waals surface area (Å²) in [6.45, 7) is -3.03. The molecule has 3 rings (SSSR count). The number of pyridine rings is 1. The predicted octanol–water partition coefficient (Wildman–Crippen LogP) is 2.89. The van der Waals surface area contributed by atoms with Crippen molar-refractivity contribution in [2.45, 2.75) is 17.5 Å². The Hall–Kier alpha value is -3.15. The van der Waals surface area contributed by atoms with E-state index in [1.165, 1.54) is 38.6 Å². The normalized spacial score (nSPS) is 12.2. The van der Waals surface area contributed by atoms with Crippen LogP contribution in [-0.4, -0.2) is 39.7 Å². The number of methoxy groups -OCH3 is 2. The summed E-state index contributed by atoms with van der Waals surface area (Å²) in [6.07, 6.45) is 1.46. The van der Waals surface area contributed by atoms with E-state index in [4.69, 9.17) is 9.47 Å². The second-order valence-corrected chi connectivity index (χ2v) is 6.64. The van der Waals surface area contributed by atoms with Gasteiger partial charge < -0.3 is 14.2 Å². The van der Waals surface area contributed by atoms with Gasteiger partial charge in [-0.15, -0.1) is 4.91 Å². The third-order valence-corrected chi connectivity index (χ3v) is 4.92. The summed E-state index contributed by atoms with van der Waals surface area (Å²) >= 11 is 0. The number of nitroso groups, excluding NO2 is 1. The molecule has 1 atom stereocenters.